The quantitative estimate of drug-likeness (QED) is 0.597. The second kappa shape index (κ2) is 5.00. The minimum Gasteiger partial charge on any atom is -0.305 e. The van der Waals surface area contributed by atoms with E-state index in [0.29, 0.717) is 5.41 Å². The van der Waals surface area contributed by atoms with Crippen molar-refractivity contribution in [3.63, 3.8) is 0 Å². The Labute approximate surface area is 75.7 Å². The highest BCUT2D eigenvalue weighted by atomic mass is 35.5. The normalized spacial score (nSPS) is 12.5. The summed E-state index contributed by atoms with van der Waals surface area (Å²) in [4.78, 5) is 2.28. The topological polar surface area (TPSA) is 3.24 Å². The first-order valence-corrected chi connectivity index (χ1v) is 4.74. The third-order valence-corrected chi connectivity index (χ3v) is 1.88. The molecule has 0 spiro atoms. The van der Waals surface area contributed by atoms with Gasteiger partial charge in [-0.25, -0.2) is 0 Å². The van der Waals surface area contributed by atoms with Crippen molar-refractivity contribution in [1.29, 1.82) is 0 Å². The number of nitrogens with zero attached hydrogens (tertiary/aromatic N) is 1. The first-order chi connectivity index (χ1) is 4.95. The van der Waals surface area contributed by atoms with Crippen molar-refractivity contribution in [2.24, 2.45) is 5.41 Å². The van der Waals surface area contributed by atoms with E-state index in [2.05, 4.69) is 32.7 Å². The predicted octanol–water partition coefficient (Wildman–Crippen LogP) is 2.59. The molecule has 0 atom stereocenters. The van der Waals surface area contributed by atoms with Crippen LogP contribution in [0.2, 0.25) is 0 Å². The fourth-order valence-electron chi connectivity index (χ4n) is 0.782. The van der Waals surface area contributed by atoms with Crippen molar-refractivity contribution in [3.8, 4) is 0 Å². The molecular formula is C9H20ClN. The van der Waals surface area contributed by atoms with Crippen molar-refractivity contribution >= 4 is 11.6 Å². The third kappa shape index (κ3) is 8.15. The van der Waals surface area contributed by atoms with Crippen LogP contribution in [0.5, 0.6) is 0 Å². The minimum absolute atomic E-state index is 0.445. The van der Waals surface area contributed by atoms with Gasteiger partial charge < -0.3 is 4.90 Å². The molecule has 0 saturated heterocycles. The van der Waals surface area contributed by atoms with Crippen molar-refractivity contribution in [2.45, 2.75) is 27.2 Å². The molecule has 0 aromatic carbocycles. The largest absolute Gasteiger partial charge is 0.305 e. The summed E-state index contributed by atoms with van der Waals surface area (Å²) in [7, 11) is 2.12. The van der Waals surface area contributed by atoms with Crippen molar-refractivity contribution in [3.05, 3.63) is 0 Å². The number of hydrogen-bond donors (Lipinski definition) is 0. The lowest BCUT2D eigenvalue weighted by atomic mass is 9.92. The van der Waals surface area contributed by atoms with Gasteiger partial charge in [-0.05, 0) is 25.4 Å². The molecule has 0 N–H and O–H groups in total. The average molecular weight is 178 g/mol. The predicted molar refractivity (Wildman–Crippen MR) is 52.3 cm³/mol. The van der Waals surface area contributed by atoms with E-state index in [9.17, 15) is 0 Å². The smallest absolute Gasteiger partial charge is 0.0351 e. The summed E-state index contributed by atoms with van der Waals surface area (Å²) in [6, 6.07) is 0. The molecule has 0 rings (SSSR count). The lowest BCUT2D eigenvalue weighted by Gasteiger charge is -2.22. The number of rotatable bonds is 4. The Morgan fingerprint density at radius 1 is 1.18 bits per heavy atom. The summed E-state index contributed by atoms with van der Waals surface area (Å²) in [6.07, 6.45) is 1.24. The Kier molecular flexibility index (Phi) is 5.11. The maximum Gasteiger partial charge on any atom is 0.0351 e. The van der Waals surface area contributed by atoms with Gasteiger partial charge in [-0.15, -0.1) is 11.6 Å². The molecule has 0 aliphatic rings. The van der Waals surface area contributed by atoms with Crippen LogP contribution in [0.25, 0.3) is 0 Å². The summed E-state index contributed by atoms with van der Waals surface area (Å²) in [6.45, 7) is 8.94. The third-order valence-electron chi connectivity index (χ3n) is 1.71. The zero-order valence-corrected chi connectivity index (χ0v) is 8.91. The Bertz CT molecular complexity index is 96.2. The van der Waals surface area contributed by atoms with Gasteiger partial charge in [0.15, 0.2) is 0 Å². The molecule has 0 bridgehead atoms. The van der Waals surface area contributed by atoms with Crippen LogP contribution in [0.15, 0.2) is 0 Å². The fraction of sp³-hybridized carbons (Fsp3) is 1.00. The molecule has 68 valence electrons. The van der Waals surface area contributed by atoms with Gasteiger partial charge in [-0.2, -0.15) is 0 Å². The summed E-state index contributed by atoms with van der Waals surface area (Å²) in [5.74, 6) is 0.737. The van der Waals surface area contributed by atoms with Gasteiger partial charge >= 0.3 is 0 Å². The van der Waals surface area contributed by atoms with Crippen LogP contribution in [0.1, 0.15) is 27.2 Å². The van der Waals surface area contributed by atoms with Crippen LogP contribution < -0.4 is 0 Å². The highest BCUT2D eigenvalue weighted by molar-refractivity contribution is 6.18. The van der Waals surface area contributed by atoms with Crippen molar-refractivity contribution in [2.75, 3.05) is 26.0 Å². The minimum atomic E-state index is 0.445. The molecule has 0 aliphatic carbocycles. The van der Waals surface area contributed by atoms with Gasteiger partial charge in [0.2, 0.25) is 0 Å². The van der Waals surface area contributed by atoms with E-state index < -0.39 is 0 Å². The lowest BCUT2D eigenvalue weighted by Crippen LogP contribution is -2.25. The SMILES string of the molecule is CN(CCCl)CCC(C)(C)C. The summed E-state index contributed by atoms with van der Waals surface area (Å²) in [5, 5.41) is 0. The molecular weight excluding hydrogens is 158 g/mol. The molecule has 0 radical (unpaired) electrons. The van der Waals surface area contributed by atoms with Gasteiger partial charge in [0.1, 0.15) is 0 Å². The van der Waals surface area contributed by atoms with E-state index in [0.717, 1.165) is 19.0 Å². The molecule has 2 heteroatoms. The standard InChI is InChI=1S/C9H20ClN/c1-9(2,3)5-7-11(4)8-6-10/h5-8H2,1-4H3. The molecule has 1 nitrogen and oxygen atoms in total. The van der Waals surface area contributed by atoms with Gasteiger partial charge in [0.25, 0.3) is 0 Å². The van der Waals surface area contributed by atoms with Crippen LogP contribution in [-0.2, 0) is 0 Å². The molecule has 0 aromatic heterocycles. The van der Waals surface area contributed by atoms with E-state index in [4.69, 9.17) is 11.6 Å². The molecule has 0 aliphatic heterocycles. The summed E-state index contributed by atoms with van der Waals surface area (Å²) < 4.78 is 0. The molecule has 0 heterocycles. The Balaban J connectivity index is 3.38. The highest BCUT2D eigenvalue weighted by Crippen LogP contribution is 2.18. The second-order valence-corrected chi connectivity index (χ2v) is 4.68. The van der Waals surface area contributed by atoms with Crippen LogP contribution in [0.3, 0.4) is 0 Å². The van der Waals surface area contributed by atoms with E-state index in [1.54, 1.807) is 0 Å². The fourth-order valence-corrected chi connectivity index (χ4v) is 1.07. The highest BCUT2D eigenvalue weighted by Gasteiger charge is 2.10. The van der Waals surface area contributed by atoms with Crippen molar-refractivity contribution in [1.82, 2.24) is 4.90 Å². The first kappa shape index (κ1) is 11.2. The number of halogens is 1. The van der Waals surface area contributed by atoms with Crippen LogP contribution >= 0.6 is 11.6 Å². The summed E-state index contributed by atoms with van der Waals surface area (Å²) >= 11 is 5.60. The average Bonchev–Trinajstić information content (AvgIpc) is 1.83. The molecule has 0 unspecified atom stereocenters. The second-order valence-electron chi connectivity index (χ2n) is 4.30. The zero-order chi connectivity index (χ0) is 8.91. The Morgan fingerprint density at radius 3 is 2.09 bits per heavy atom. The molecule has 0 amide bonds. The molecule has 0 aromatic rings. The molecule has 0 fully saturated rings. The van der Waals surface area contributed by atoms with E-state index in [-0.39, 0.29) is 0 Å². The first-order valence-electron chi connectivity index (χ1n) is 4.20. The van der Waals surface area contributed by atoms with E-state index in [1.165, 1.54) is 6.42 Å². The van der Waals surface area contributed by atoms with Crippen LogP contribution in [0, 0.1) is 5.41 Å². The van der Waals surface area contributed by atoms with Gasteiger partial charge in [0.05, 0.1) is 0 Å². The number of alkyl halides is 1. The van der Waals surface area contributed by atoms with Crippen LogP contribution in [0.4, 0.5) is 0 Å². The van der Waals surface area contributed by atoms with Gasteiger partial charge in [-0.1, -0.05) is 20.8 Å². The monoisotopic (exact) mass is 177 g/mol. The van der Waals surface area contributed by atoms with E-state index in [1.807, 2.05) is 0 Å². The number of hydrogen-bond acceptors (Lipinski definition) is 1. The molecule has 11 heavy (non-hydrogen) atoms. The van der Waals surface area contributed by atoms with E-state index >= 15 is 0 Å². The maximum atomic E-state index is 5.60. The van der Waals surface area contributed by atoms with Crippen molar-refractivity contribution < 1.29 is 0 Å². The maximum absolute atomic E-state index is 5.60. The van der Waals surface area contributed by atoms with Gasteiger partial charge in [0, 0.05) is 12.4 Å². The van der Waals surface area contributed by atoms with Gasteiger partial charge in [-0.3, -0.25) is 0 Å². The van der Waals surface area contributed by atoms with Crippen LogP contribution in [-0.4, -0.2) is 30.9 Å². The lowest BCUT2D eigenvalue weighted by molar-refractivity contribution is 0.274. The molecule has 0 saturated carbocycles. The zero-order valence-electron chi connectivity index (χ0n) is 8.15. The Morgan fingerprint density at radius 2 is 1.73 bits per heavy atom. The summed E-state index contributed by atoms with van der Waals surface area (Å²) in [5.41, 5.74) is 0.445. The Hall–Kier alpha value is 0.250.